The van der Waals surface area contributed by atoms with Gasteiger partial charge in [-0.15, -0.1) is 11.8 Å². The Labute approximate surface area is 104 Å². The average molecular weight is 290 g/mol. The Morgan fingerprint density at radius 3 is 2.67 bits per heavy atom. The van der Waals surface area contributed by atoms with E-state index in [-0.39, 0.29) is 5.92 Å². The highest BCUT2D eigenvalue weighted by molar-refractivity contribution is 9.10. The highest BCUT2D eigenvalue weighted by atomic mass is 79.9. The van der Waals surface area contributed by atoms with Crippen molar-refractivity contribution in [2.75, 3.05) is 5.75 Å². The van der Waals surface area contributed by atoms with E-state index < -0.39 is 5.60 Å². The third kappa shape index (κ3) is 4.13. The first-order chi connectivity index (χ1) is 6.92. The van der Waals surface area contributed by atoms with Crippen LogP contribution >= 0.6 is 27.7 Å². The molecular weight excluding hydrogens is 274 g/mol. The van der Waals surface area contributed by atoms with Crippen molar-refractivity contribution in [1.29, 1.82) is 0 Å². The maximum Gasteiger partial charge on any atom is 0.0961 e. The summed E-state index contributed by atoms with van der Waals surface area (Å²) in [7, 11) is 0. The van der Waals surface area contributed by atoms with Gasteiger partial charge in [0.2, 0.25) is 0 Å². The van der Waals surface area contributed by atoms with Crippen molar-refractivity contribution in [1.82, 2.24) is 4.98 Å². The summed E-state index contributed by atoms with van der Waals surface area (Å²) in [4.78, 5) is 4.25. The van der Waals surface area contributed by atoms with Gasteiger partial charge >= 0.3 is 0 Å². The van der Waals surface area contributed by atoms with E-state index in [0.29, 0.717) is 5.75 Å². The molecule has 0 aliphatic carbocycles. The van der Waals surface area contributed by atoms with Crippen molar-refractivity contribution in [2.45, 2.75) is 31.4 Å². The summed E-state index contributed by atoms with van der Waals surface area (Å²) in [6, 6.07) is 3.91. The van der Waals surface area contributed by atoms with E-state index in [1.165, 1.54) is 0 Å². The maximum absolute atomic E-state index is 10.0. The van der Waals surface area contributed by atoms with Gasteiger partial charge in [0.1, 0.15) is 0 Å². The summed E-state index contributed by atoms with van der Waals surface area (Å²) < 4.78 is 0.975. The quantitative estimate of drug-likeness (QED) is 0.863. The van der Waals surface area contributed by atoms with Crippen LogP contribution in [0.25, 0.3) is 0 Å². The molecule has 0 saturated heterocycles. The lowest BCUT2D eigenvalue weighted by Crippen LogP contribution is -2.33. The molecule has 15 heavy (non-hydrogen) atoms. The Morgan fingerprint density at radius 2 is 2.20 bits per heavy atom. The van der Waals surface area contributed by atoms with Gasteiger partial charge in [0.05, 0.1) is 10.6 Å². The first-order valence-electron chi connectivity index (χ1n) is 4.88. The second-order valence-corrected chi connectivity index (χ2v) is 6.03. The summed E-state index contributed by atoms with van der Waals surface area (Å²) in [6.45, 7) is 5.91. The predicted octanol–water partition coefficient (Wildman–Crippen LogP) is 3.34. The third-order valence-corrected chi connectivity index (χ3v) is 4.19. The Hall–Kier alpha value is -0.0600. The molecule has 1 aromatic heterocycles. The van der Waals surface area contributed by atoms with Crippen LogP contribution in [0, 0.1) is 5.92 Å². The number of aromatic nitrogens is 1. The van der Waals surface area contributed by atoms with Gasteiger partial charge in [0.25, 0.3) is 0 Å². The van der Waals surface area contributed by atoms with Crippen molar-refractivity contribution in [3.05, 3.63) is 22.8 Å². The molecule has 1 atom stereocenters. The zero-order valence-corrected chi connectivity index (χ0v) is 11.6. The Bertz CT molecular complexity index is 311. The number of nitrogens with zero attached hydrogens (tertiary/aromatic N) is 1. The van der Waals surface area contributed by atoms with Crippen LogP contribution in [0.3, 0.4) is 0 Å². The Balaban J connectivity index is 2.54. The van der Waals surface area contributed by atoms with Crippen LogP contribution in [0.2, 0.25) is 0 Å². The van der Waals surface area contributed by atoms with Crippen LogP contribution in [0.5, 0.6) is 0 Å². The number of thioether (sulfide) groups is 1. The molecule has 1 N–H and O–H groups in total. The lowest BCUT2D eigenvalue weighted by Gasteiger charge is -2.26. The van der Waals surface area contributed by atoms with Gasteiger partial charge in [0.15, 0.2) is 0 Å². The summed E-state index contributed by atoms with van der Waals surface area (Å²) in [5.74, 6) is 0.916. The smallest absolute Gasteiger partial charge is 0.0961 e. The van der Waals surface area contributed by atoms with Crippen molar-refractivity contribution in [3.8, 4) is 0 Å². The number of hydrogen-bond acceptors (Lipinski definition) is 3. The molecule has 4 heteroatoms. The third-order valence-electron chi connectivity index (χ3n) is 2.46. The zero-order valence-electron chi connectivity index (χ0n) is 9.20. The van der Waals surface area contributed by atoms with E-state index in [4.69, 9.17) is 0 Å². The fourth-order valence-electron chi connectivity index (χ4n) is 0.834. The fraction of sp³-hybridized carbons (Fsp3) is 0.545. The van der Waals surface area contributed by atoms with Gasteiger partial charge < -0.3 is 5.11 Å². The molecule has 0 amide bonds. The molecule has 1 heterocycles. The zero-order chi connectivity index (χ0) is 11.5. The highest BCUT2D eigenvalue weighted by Gasteiger charge is 2.24. The molecule has 84 valence electrons. The van der Waals surface area contributed by atoms with E-state index in [9.17, 15) is 5.11 Å². The largest absolute Gasteiger partial charge is 0.389 e. The molecule has 0 bridgehead atoms. The number of rotatable bonds is 4. The van der Waals surface area contributed by atoms with Gasteiger partial charge in [-0.25, -0.2) is 4.98 Å². The minimum absolute atomic E-state index is 0.250. The normalized spacial score (nSPS) is 15.3. The highest BCUT2D eigenvalue weighted by Crippen LogP contribution is 2.26. The fourth-order valence-corrected chi connectivity index (χ4v) is 2.13. The average Bonchev–Trinajstić information content (AvgIpc) is 2.17. The van der Waals surface area contributed by atoms with E-state index in [1.54, 1.807) is 18.0 Å². The van der Waals surface area contributed by atoms with Crippen LogP contribution in [0.15, 0.2) is 27.8 Å². The number of halogens is 1. The molecule has 0 saturated carbocycles. The Morgan fingerprint density at radius 1 is 1.53 bits per heavy atom. The lowest BCUT2D eigenvalue weighted by atomic mass is 9.95. The first kappa shape index (κ1) is 13.0. The lowest BCUT2D eigenvalue weighted by molar-refractivity contribution is 0.0376. The van der Waals surface area contributed by atoms with Crippen LogP contribution in [-0.2, 0) is 0 Å². The van der Waals surface area contributed by atoms with Crippen LogP contribution in [0.4, 0.5) is 0 Å². The molecule has 1 unspecified atom stereocenters. The van der Waals surface area contributed by atoms with Gasteiger partial charge in [-0.1, -0.05) is 13.8 Å². The Kier molecular flexibility index (Phi) is 4.62. The maximum atomic E-state index is 10.0. The van der Waals surface area contributed by atoms with Crippen molar-refractivity contribution >= 4 is 27.7 Å². The van der Waals surface area contributed by atoms with Crippen LogP contribution < -0.4 is 0 Å². The summed E-state index contributed by atoms with van der Waals surface area (Å²) in [5, 5.41) is 11.0. The second kappa shape index (κ2) is 5.32. The second-order valence-electron chi connectivity index (χ2n) is 4.12. The summed E-state index contributed by atoms with van der Waals surface area (Å²) in [6.07, 6.45) is 1.77. The van der Waals surface area contributed by atoms with Gasteiger partial charge in [0, 0.05) is 16.4 Å². The summed E-state index contributed by atoms with van der Waals surface area (Å²) >= 11 is 4.92. The van der Waals surface area contributed by atoms with Crippen LogP contribution in [-0.4, -0.2) is 21.4 Å². The predicted molar refractivity (Wildman–Crippen MR) is 68.1 cm³/mol. The summed E-state index contributed by atoms with van der Waals surface area (Å²) in [5.41, 5.74) is -0.639. The molecule has 1 aromatic rings. The van der Waals surface area contributed by atoms with Gasteiger partial charge in [-0.3, -0.25) is 0 Å². The molecule has 0 aliphatic rings. The van der Waals surface area contributed by atoms with E-state index in [2.05, 4.69) is 20.9 Å². The minimum Gasteiger partial charge on any atom is -0.389 e. The molecule has 0 aromatic carbocycles. The van der Waals surface area contributed by atoms with Crippen LogP contribution in [0.1, 0.15) is 20.8 Å². The molecular formula is C11H16BrNOS. The monoisotopic (exact) mass is 289 g/mol. The number of pyridine rings is 1. The van der Waals surface area contributed by atoms with E-state index in [0.717, 1.165) is 9.50 Å². The SMILES string of the molecule is CC(C)C(C)(O)CSc1ccc(Br)cn1. The number of hydrogen-bond donors (Lipinski definition) is 1. The van der Waals surface area contributed by atoms with E-state index >= 15 is 0 Å². The molecule has 1 rings (SSSR count). The van der Waals surface area contributed by atoms with Crippen molar-refractivity contribution in [2.24, 2.45) is 5.92 Å². The van der Waals surface area contributed by atoms with Crippen molar-refractivity contribution < 1.29 is 5.11 Å². The van der Waals surface area contributed by atoms with Gasteiger partial charge in [-0.05, 0) is 40.9 Å². The van der Waals surface area contributed by atoms with E-state index in [1.807, 2.05) is 32.9 Å². The molecule has 0 aliphatic heterocycles. The minimum atomic E-state index is -0.639. The molecule has 2 nitrogen and oxygen atoms in total. The topological polar surface area (TPSA) is 33.1 Å². The van der Waals surface area contributed by atoms with Crippen molar-refractivity contribution in [3.63, 3.8) is 0 Å². The van der Waals surface area contributed by atoms with Gasteiger partial charge in [-0.2, -0.15) is 0 Å². The molecule has 0 radical (unpaired) electrons. The number of aliphatic hydroxyl groups is 1. The first-order valence-corrected chi connectivity index (χ1v) is 6.66. The molecule has 0 spiro atoms. The standard InChI is InChI=1S/C11H16BrNOS/c1-8(2)11(3,14)7-15-10-5-4-9(12)6-13-10/h4-6,8,14H,7H2,1-3H3. The molecule has 0 fully saturated rings.